The molecule has 0 radical (unpaired) electrons. The van der Waals surface area contributed by atoms with Crippen molar-refractivity contribution in [1.82, 2.24) is 10.2 Å². The van der Waals surface area contributed by atoms with Crippen molar-refractivity contribution < 1.29 is 42.1 Å². The zero-order valence-electron chi connectivity index (χ0n) is 22.6. The predicted octanol–water partition coefficient (Wildman–Crippen LogP) is 3.49. The lowest BCUT2D eigenvalue weighted by Gasteiger charge is -2.27. The fourth-order valence-corrected chi connectivity index (χ4v) is 3.87. The highest BCUT2D eigenvalue weighted by atomic mass is 19.4. The van der Waals surface area contributed by atoms with Crippen molar-refractivity contribution in [3.63, 3.8) is 0 Å². The Bertz CT molecular complexity index is 1100. The van der Waals surface area contributed by atoms with Gasteiger partial charge in [-0.05, 0) is 50.4 Å². The molecular formula is C28H36F3N3O6. The summed E-state index contributed by atoms with van der Waals surface area (Å²) in [5.74, 6) is 0.328. The Balaban J connectivity index is 0.000000840. The molecule has 0 aromatic heterocycles. The molecule has 0 fully saturated rings. The summed E-state index contributed by atoms with van der Waals surface area (Å²) >= 11 is 0. The second-order valence-electron chi connectivity index (χ2n) is 9.22. The summed E-state index contributed by atoms with van der Waals surface area (Å²) in [4.78, 5) is 34.8. The number of anilines is 1. The lowest BCUT2D eigenvalue weighted by Crippen LogP contribution is -2.42. The Morgan fingerprint density at radius 3 is 2.50 bits per heavy atom. The minimum Gasteiger partial charge on any atom is -0.506 e. The first kappa shape index (κ1) is 32.6. The number of halogens is 3. The van der Waals surface area contributed by atoms with Crippen molar-refractivity contribution in [1.29, 1.82) is 0 Å². The smallest absolute Gasteiger partial charge is 0.446 e. The molecular weight excluding hydrogens is 531 g/mol. The topological polar surface area (TPSA) is 117 Å². The van der Waals surface area contributed by atoms with Crippen LogP contribution in [0, 0.1) is 0 Å². The van der Waals surface area contributed by atoms with Crippen LogP contribution in [0.2, 0.25) is 0 Å². The first-order chi connectivity index (χ1) is 19.0. The van der Waals surface area contributed by atoms with E-state index < -0.39 is 12.5 Å². The maximum atomic E-state index is 12.7. The van der Waals surface area contributed by atoms with Gasteiger partial charge in [0.05, 0.1) is 19.6 Å². The third-order valence-corrected chi connectivity index (χ3v) is 5.85. The summed E-state index contributed by atoms with van der Waals surface area (Å²) in [6.07, 6.45) is -3.82. The van der Waals surface area contributed by atoms with E-state index in [1.807, 2.05) is 36.9 Å². The van der Waals surface area contributed by atoms with Crippen LogP contribution in [0.25, 0.3) is 0 Å². The number of nitrogens with one attached hydrogen (secondary N) is 2. The molecule has 40 heavy (non-hydrogen) atoms. The van der Waals surface area contributed by atoms with E-state index in [1.165, 1.54) is 5.56 Å². The highest BCUT2D eigenvalue weighted by Crippen LogP contribution is 2.39. The summed E-state index contributed by atoms with van der Waals surface area (Å²) in [6.45, 7) is 6.96. The molecule has 0 bridgehead atoms. The molecule has 1 aliphatic rings. The third-order valence-electron chi connectivity index (χ3n) is 5.85. The second kappa shape index (κ2) is 16.5. The number of carbonyl (C=O) groups is 3. The number of alkyl halides is 3. The van der Waals surface area contributed by atoms with Gasteiger partial charge < -0.3 is 30.1 Å². The molecule has 2 aromatic carbocycles. The zero-order chi connectivity index (χ0) is 29.5. The molecule has 0 saturated heterocycles. The van der Waals surface area contributed by atoms with Gasteiger partial charge in [0, 0.05) is 19.1 Å². The van der Waals surface area contributed by atoms with Crippen LogP contribution >= 0.6 is 0 Å². The van der Waals surface area contributed by atoms with E-state index in [9.17, 15) is 27.9 Å². The number of carbonyl (C=O) groups excluding carboxylic acids is 3. The van der Waals surface area contributed by atoms with Crippen molar-refractivity contribution in [2.24, 2.45) is 0 Å². The van der Waals surface area contributed by atoms with Gasteiger partial charge in [0.1, 0.15) is 11.4 Å². The van der Waals surface area contributed by atoms with Crippen molar-refractivity contribution in [3.05, 3.63) is 53.6 Å². The molecule has 1 heterocycles. The van der Waals surface area contributed by atoms with Gasteiger partial charge in [0.25, 0.3) is 5.91 Å². The van der Waals surface area contributed by atoms with E-state index in [1.54, 1.807) is 12.1 Å². The van der Waals surface area contributed by atoms with Gasteiger partial charge in [0.15, 0.2) is 12.4 Å². The second-order valence-corrected chi connectivity index (χ2v) is 9.22. The van der Waals surface area contributed by atoms with Crippen LogP contribution in [0.5, 0.6) is 11.5 Å². The van der Waals surface area contributed by atoms with Gasteiger partial charge in [-0.2, -0.15) is 13.2 Å². The summed E-state index contributed by atoms with van der Waals surface area (Å²) in [5, 5.41) is 16.0. The van der Waals surface area contributed by atoms with Crippen molar-refractivity contribution in [2.75, 3.05) is 44.8 Å². The molecule has 0 spiro atoms. The highest BCUT2D eigenvalue weighted by molar-refractivity contribution is 5.97. The monoisotopic (exact) mass is 567 g/mol. The lowest BCUT2D eigenvalue weighted by molar-refractivity contribution is -0.156. The van der Waals surface area contributed by atoms with Crippen LogP contribution in [0.1, 0.15) is 31.4 Å². The molecule has 0 unspecified atom stereocenters. The Hall–Kier alpha value is -3.64. The van der Waals surface area contributed by atoms with Crippen LogP contribution in [0.4, 0.5) is 18.9 Å². The quantitative estimate of drug-likeness (QED) is 0.193. The minimum absolute atomic E-state index is 0.00473. The molecule has 220 valence electrons. The van der Waals surface area contributed by atoms with Crippen molar-refractivity contribution >= 4 is 23.8 Å². The number of hydrogen-bond donors (Lipinski definition) is 3. The predicted molar refractivity (Wildman–Crippen MR) is 143 cm³/mol. The highest BCUT2D eigenvalue weighted by Gasteiger charge is 2.25. The number of aromatic hydroxyl groups is 1. The Labute approximate surface area is 231 Å². The van der Waals surface area contributed by atoms with E-state index in [-0.39, 0.29) is 30.2 Å². The molecule has 0 saturated carbocycles. The number of phenolic OH excluding ortho intramolecular Hbond substituents is 1. The largest absolute Gasteiger partial charge is 0.506 e. The molecule has 12 heteroatoms. The van der Waals surface area contributed by atoms with Gasteiger partial charge in [-0.3, -0.25) is 14.4 Å². The van der Waals surface area contributed by atoms with Crippen molar-refractivity contribution in [3.8, 4) is 11.5 Å². The molecule has 2 aromatic rings. The summed E-state index contributed by atoms with van der Waals surface area (Å²) in [6, 6.07) is 13.6. The van der Waals surface area contributed by atoms with Gasteiger partial charge in [-0.15, -0.1) is 0 Å². The Morgan fingerprint density at radius 1 is 1.15 bits per heavy atom. The number of fused-ring (bicyclic) bond motifs is 1. The summed E-state index contributed by atoms with van der Waals surface area (Å²) in [7, 11) is 0. The molecule has 3 N–H and O–H groups in total. The standard InChI is InChI=1S/C26H35N3O5.C2HF3O/c1-19(2)29(24(32)12-17-33-16-11-20-6-4-3-5-7-20)15-14-27-13-10-21-8-9-22(30)25-26(21)34-18-23(31)28-25;3-2(4,5)1-6/h3-9,19,27,30H,10-18H2,1-2H3,(H,28,31);1H. The summed E-state index contributed by atoms with van der Waals surface area (Å²) in [5.41, 5.74) is 2.47. The first-order valence-corrected chi connectivity index (χ1v) is 12.9. The third kappa shape index (κ3) is 11.6. The van der Waals surface area contributed by atoms with E-state index in [0.717, 1.165) is 12.0 Å². The van der Waals surface area contributed by atoms with Crippen LogP contribution in [0.15, 0.2) is 42.5 Å². The Morgan fingerprint density at radius 2 is 1.85 bits per heavy atom. The number of nitrogens with zero attached hydrogens (tertiary/aromatic N) is 1. The molecule has 9 nitrogen and oxygen atoms in total. The minimum atomic E-state index is -4.64. The first-order valence-electron chi connectivity index (χ1n) is 12.9. The number of amides is 2. The maximum Gasteiger partial charge on any atom is 0.446 e. The fraction of sp³-hybridized carbons (Fsp3) is 0.464. The zero-order valence-corrected chi connectivity index (χ0v) is 22.6. The Kier molecular flexibility index (Phi) is 13.4. The van der Waals surface area contributed by atoms with E-state index >= 15 is 0 Å². The number of hydrogen-bond acceptors (Lipinski definition) is 7. The number of benzene rings is 2. The number of ether oxygens (including phenoxy) is 2. The average Bonchev–Trinajstić information content (AvgIpc) is 2.92. The van der Waals surface area contributed by atoms with Gasteiger partial charge >= 0.3 is 6.18 Å². The molecule has 2 amide bonds. The maximum absolute atomic E-state index is 12.7. The summed E-state index contributed by atoms with van der Waals surface area (Å²) < 4.78 is 42.4. The number of aldehydes is 1. The van der Waals surface area contributed by atoms with Gasteiger partial charge in [-0.25, -0.2) is 0 Å². The molecule has 3 rings (SSSR count). The van der Waals surface area contributed by atoms with E-state index in [0.29, 0.717) is 57.1 Å². The van der Waals surface area contributed by atoms with Crippen LogP contribution < -0.4 is 15.4 Å². The normalized spacial score (nSPS) is 12.5. The van der Waals surface area contributed by atoms with Crippen LogP contribution in [-0.4, -0.2) is 79.8 Å². The van der Waals surface area contributed by atoms with Crippen LogP contribution in [0.3, 0.4) is 0 Å². The van der Waals surface area contributed by atoms with E-state index in [4.69, 9.17) is 14.3 Å². The van der Waals surface area contributed by atoms with E-state index in [2.05, 4.69) is 22.8 Å². The van der Waals surface area contributed by atoms with Gasteiger partial charge in [-0.1, -0.05) is 36.4 Å². The van der Waals surface area contributed by atoms with Gasteiger partial charge in [0.2, 0.25) is 12.2 Å². The molecule has 0 atom stereocenters. The van der Waals surface area contributed by atoms with Crippen molar-refractivity contribution in [2.45, 2.75) is 45.3 Å². The fourth-order valence-electron chi connectivity index (χ4n) is 3.87. The molecule has 0 aliphatic carbocycles. The lowest BCUT2D eigenvalue weighted by atomic mass is 10.1. The van der Waals surface area contributed by atoms with Crippen LogP contribution in [-0.2, 0) is 32.0 Å². The average molecular weight is 568 g/mol. The number of rotatable bonds is 13. The molecule has 1 aliphatic heterocycles. The SMILES string of the molecule is CC(C)N(CCNCCc1ccc(O)c2c1OCC(=O)N2)C(=O)CCOCCc1ccccc1.O=CC(F)(F)F. The number of phenols is 1.